The molecular weight excluding hydrogens is 236 g/mol. The van der Waals surface area contributed by atoms with Crippen LogP contribution in [0.2, 0.25) is 0 Å². The lowest BCUT2D eigenvalue weighted by molar-refractivity contribution is 0.0270. The molecule has 1 heterocycles. The van der Waals surface area contributed by atoms with E-state index in [4.69, 9.17) is 9.47 Å². The van der Waals surface area contributed by atoms with Crippen molar-refractivity contribution in [1.82, 2.24) is 0 Å². The summed E-state index contributed by atoms with van der Waals surface area (Å²) in [4.78, 5) is 23.2. The molecule has 1 saturated heterocycles. The maximum atomic E-state index is 11.8. The van der Waals surface area contributed by atoms with Crippen molar-refractivity contribution >= 4 is 11.9 Å². The molecule has 0 saturated carbocycles. The highest BCUT2D eigenvalue weighted by Crippen LogP contribution is 2.13. The molecule has 0 amide bonds. The molecule has 96 valence electrons. The van der Waals surface area contributed by atoms with Crippen LogP contribution < -0.4 is 0 Å². The van der Waals surface area contributed by atoms with Gasteiger partial charge in [-0.05, 0) is 18.2 Å². The predicted octanol–water partition coefficient (Wildman–Crippen LogP) is 1.42. The highest BCUT2D eigenvalue weighted by Gasteiger charge is 2.21. The van der Waals surface area contributed by atoms with Gasteiger partial charge in [-0.1, -0.05) is 6.07 Å². The summed E-state index contributed by atoms with van der Waals surface area (Å²) < 4.78 is 15.0. The fraction of sp³-hybridized carbons (Fsp3) is 0.385. The maximum Gasteiger partial charge on any atom is 0.338 e. The quantitative estimate of drug-likeness (QED) is 0.759. The fourth-order valence-electron chi connectivity index (χ4n) is 1.72. The van der Waals surface area contributed by atoms with Crippen LogP contribution in [0, 0.1) is 0 Å². The zero-order chi connectivity index (χ0) is 13.0. The van der Waals surface area contributed by atoms with Crippen LogP contribution in [0.4, 0.5) is 0 Å². The van der Waals surface area contributed by atoms with Crippen molar-refractivity contribution in [3.63, 3.8) is 0 Å². The van der Waals surface area contributed by atoms with E-state index in [9.17, 15) is 9.59 Å². The number of ether oxygens (including phenoxy) is 3. The van der Waals surface area contributed by atoms with Crippen LogP contribution in [0.15, 0.2) is 24.3 Å². The third kappa shape index (κ3) is 2.87. The lowest BCUT2D eigenvalue weighted by atomic mass is 10.1. The Labute approximate surface area is 105 Å². The van der Waals surface area contributed by atoms with Gasteiger partial charge in [-0.25, -0.2) is 9.59 Å². The number of benzene rings is 1. The average molecular weight is 250 g/mol. The fourth-order valence-corrected chi connectivity index (χ4v) is 1.72. The zero-order valence-corrected chi connectivity index (χ0v) is 10.0. The molecule has 1 aliphatic heterocycles. The summed E-state index contributed by atoms with van der Waals surface area (Å²) in [6, 6.07) is 6.27. The average Bonchev–Trinajstić information content (AvgIpc) is 2.90. The first-order valence-electron chi connectivity index (χ1n) is 5.68. The molecule has 0 aliphatic carbocycles. The number of carbonyl (C=O) groups excluding carboxylic acids is 2. The van der Waals surface area contributed by atoms with Crippen molar-refractivity contribution in [3.8, 4) is 0 Å². The van der Waals surface area contributed by atoms with E-state index in [1.165, 1.54) is 13.2 Å². The molecule has 18 heavy (non-hydrogen) atoms. The van der Waals surface area contributed by atoms with E-state index in [0.717, 1.165) is 0 Å². The minimum atomic E-state index is -0.478. The van der Waals surface area contributed by atoms with E-state index in [2.05, 4.69) is 4.74 Å². The van der Waals surface area contributed by atoms with E-state index < -0.39 is 11.9 Å². The third-order valence-electron chi connectivity index (χ3n) is 2.68. The van der Waals surface area contributed by atoms with Gasteiger partial charge < -0.3 is 14.2 Å². The smallest absolute Gasteiger partial charge is 0.338 e. The van der Waals surface area contributed by atoms with Gasteiger partial charge >= 0.3 is 11.9 Å². The van der Waals surface area contributed by atoms with Crippen molar-refractivity contribution in [2.45, 2.75) is 12.5 Å². The first kappa shape index (κ1) is 12.6. The molecule has 0 radical (unpaired) electrons. The van der Waals surface area contributed by atoms with Gasteiger partial charge in [0.1, 0.15) is 6.10 Å². The molecule has 0 unspecified atom stereocenters. The Morgan fingerprint density at radius 3 is 2.61 bits per heavy atom. The standard InChI is InChI=1S/C13H14O5/c1-16-12(14)9-3-2-4-10(7-9)13(15)18-11-5-6-17-8-11/h2-4,7,11H,5-6,8H2,1H3/t11-/m0/s1. The topological polar surface area (TPSA) is 61.8 Å². The van der Waals surface area contributed by atoms with Gasteiger partial charge in [0, 0.05) is 6.42 Å². The molecule has 0 spiro atoms. The van der Waals surface area contributed by atoms with Crippen molar-refractivity contribution in [3.05, 3.63) is 35.4 Å². The monoisotopic (exact) mass is 250 g/mol. The van der Waals surface area contributed by atoms with E-state index >= 15 is 0 Å². The van der Waals surface area contributed by atoms with Gasteiger partial charge in [-0.3, -0.25) is 0 Å². The van der Waals surface area contributed by atoms with E-state index in [0.29, 0.717) is 30.8 Å². The highest BCUT2D eigenvalue weighted by atomic mass is 16.6. The molecule has 1 aliphatic rings. The van der Waals surface area contributed by atoms with Gasteiger partial charge in [0.05, 0.1) is 31.5 Å². The number of hydrogen-bond donors (Lipinski definition) is 0. The van der Waals surface area contributed by atoms with Crippen LogP contribution in [0.1, 0.15) is 27.1 Å². The molecule has 1 aromatic rings. The van der Waals surface area contributed by atoms with Crippen molar-refractivity contribution in [2.24, 2.45) is 0 Å². The minimum absolute atomic E-state index is 0.195. The summed E-state index contributed by atoms with van der Waals surface area (Å²) >= 11 is 0. The predicted molar refractivity (Wildman–Crippen MR) is 62.4 cm³/mol. The Kier molecular flexibility index (Phi) is 3.94. The summed E-state index contributed by atoms with van der Waals surface area (Å²) in [5.74, 6) is -0.926. The number of hydrogen-bond acceptors (Lipinski definition) is 5. The minimum Gasteiger partial charge on any atom is -0.465 e. The second-order valence-electron chi connectivity index (χ2n) is 3.96. The molecular formula is C13H14O5. The van der Waals surface area contributed by atoms with Crippen molar-refractivity contribution < 1.29 is 23.8 Å². The molecule has 1 aromatic carbocycles. The largest absolute Gasteiger partial charge is 0.465 e. The van der Waals surface area contributed by atoms with Crippen LogP contribution in [-0.4, -0.2) is 38.4 Å². The van der Waals surface area contributed by atoms with Gasteiger partial charge in [-0.2, -0.15) is 0 Å². The Hall–Kier alpha value is -1.88. The number of carbonyl (C=O) groups is 2. The van der Waals surface area contributed by atoms with Crippen LogP contribution in [0.5, 0.6) is 0 Å². The number of esters is 2. The Morgan fingerprint density at radius 2 is 2.00 bits per heavy atom. The number of methoxy groups -OCH3 is 1. The molecule has 1 atom stereocenters. The maximum absolute atomic E-state index is 11.8. The second-order valence-corrected chi connectivity index (χ2v) is 3.96. The van der Waals surface area contributed by atoms with Crippen molar-refractivity contribution in [1.29, 1.82) is 0 Å². The Morgan fingerprint density at radius 1 is 1.28 bits per heavy atom. The van der Waals surface area contributed by atoms with Gasteiger partial charge in [-0.15, -0.1) is 0 Å². The Balaban J connectivity index is 2.07. The second kappa shape index (κ2) is 5.64. The van der Waals surface area contributed by atoms with E-state index in [-0.39, 0.29) is 6.10 Å². The Bertz CT molecular complexity index is 448. The summed E-state index contributed by atoms with van der Waals surface area (Å²) in [5.41, 5.74) is 0.666. The highest BCUT2D eigenvalue weighted by molar-refractivity contribution is 5.95. The first-order valence-corrected chi connectivity index (χ1v) is 5.68. The van der Waals surface area contributed by atoms with Crippen LogP contribution >= 0.6 is 0 Å². The van der Waals surface area contributed by atoms with Gasteiger partial charge in [0.15, 0.2) is 0 Å². The van der Waals surface area contributed by atoms with Gasteiger partial charge in [0.25, 0.3) is 0 Å². The van der Waals surface area contributed by atoms with E-state index in [1.807, 2.05) is 0 Å². The summed E-state index contributed by atoms with van der Waals surface area (Å²) in [5, 5.41) is 0. The third-order valence-corrected chi connectivity index (χ3v) is 2.68. The lowest BCUT2D eigenvalue weighted by Gasteiger charge is -2.10. The van der Waals surface area contributed by atoms with E-state index in [1.54, 1.807) is 18.2 Å². The molecule has 5 nitrogen and oxygen atoms in total. The SMILES string of the molecule is COC(=O)c1cccc(C(=O)O[C@H]2CCOC2)c1. The molecule has 2 rings (SSSR count). The normalized spacial score (nSPS) is 18.4. The molecule has 5 heteroatoms. The lowest BCUT2D eigenvalue weighted by Crippen LogP contribution is -2.18. The summed E-state index contributed by atoms with van der Waals surface area (Å²) in [6.07, 6.45) is 0.516. The first-order chi connectivity index (χ1) is 8.70. The van der Waals surface area contributed by atoms with Gasteiger partial charge in [0.2, 0.25) is 0 Å². The molecule has 1 fully saturated rings. The molecule has 0 bridgehead atoms. The molecule has 0 aromatic heterocycles. The summed E-state index contributed by atoms with van der Waals surface area (Å²) in [6.45, 7) is 1.04. The van der Waals surface area contributed by atoms with Crippen LogP contribution in [0.25, 0.3) is 0 Å². The van der Waals surface area contributed by atoms with Crippen LogP contribution in [-0.2, 0) is 14.2 Å². The molecule has 0 N–H and O–H groups in total. The number of rotatable bonds is 3. The van der Waals surface area contributed by atoms with Crippen LogP contribution in [0.3, 0.4) is 0 Å². The van der Waals surface area contributed by atoms with Crippen molar-refractivity contribution in [2.75, 3.05) is 20.3 Å². The summed E-state index contributed by atoms with van der Waals surface area (Å²) in [7, 11) is 1.29. The zero-order valence-electron chi connectivity index (χ0n) is 10.0.